The van der Waals surface area contributed by atoms with E-state index in [2.05, 4.69) is 10.4 Å². The Morgan fingerprint density at radius 3 is 2.66 bits per heavy atom. The van der Waals surface area contributed by atoms with E-state index in [0.29, 0.717) is 16.8 Å². The van der Waals surface area contributed by atoms with Gasteiger partial charge in [0, 0.05) is 24.5 Å². The average Bonchev–Trinajstić information content (AvgIpc) is 3.33. The fourth-order valence-electron chi connectivity index (χ4n) is 4.19. The second kappa shape index (κ2) is 8.06. The largest absolute Gasteiger partial charge is 0.481 e. The van der Waals surface area contributed by atoms with Crippen molar-refractivity contribution in [1.29, 1.82) is 0 Å². The average molecular weight is 396 g/mol. The molecule has 2 aromatic rings. The zero-order chi connectivity index (χ0) is 20.4. The topological polar surface area (TPSA) is 105 Å². The van der Waals surface area contributed by atoms with Crippen LogP contribution in [0.2, 0.25) is 0 Å². The Hall–Kier alpha value is -3.16. The highest BCUT2D eigenvalue weighted by atomic mass is 16.4. The fraction of sp³-hybridized carbons (Fsp3) is 0.429. The number of para-hydroxylation sites is 1. The number of amides is 2. The van der Waals surface area contributed by atoms with E-state index >= 15 is 0 Å². The Morgan fingerprint density at radius 1 is 1.14 bits per heavy atom. The molecule has 2 amide bonds. The smallest absolute Gasteiger partial charge is 0.312 e. The highest BCUT2D eigenvalue weighted by molar-refractivity contribution is 6.08. The van der Waals surface area contributed by atoms with E-state index in [9.17, 15) is 19.5 Å². The minimum Gasteiger partial charge on any atom is -0.481 e. The molecule has 8 nitrogen and oxygen atoms in total. The summed E-state index contributed by atoms with van der Waals surface area (Å²) >= 11 is 0. The van der Waals surface area contributed by atoms with Crippen molar-refractivity contribution in [2.45, 2.75) is 50.6 Å². The minimum absolute atomic E-state index is 0.0537. The van der Waals surface area contributed by atoms with Crippen molar-refractivity contribution in [2.24, 2.45) is 0 Å². The van der Waals surface area contributed by atoms with E-state index in [-0.39, 0.29) is 30.9 Å². The maximum atomic E-state index is 13.0. The van der Waals surface area contributed by atoms with Gasteiger partial charge in [0.1, 0.15) is 12.5 Å². The minimum atomic E-state index is -0.956. The number of rotatable bonds is 5. The summed E-state index contributed by atoms with van der Waals surface area (Å²) in [6.45, 7) is 0.138. The lowest BCUT2D eigenvalue weighted by Crippen LogP contribution is -2.38. The first kappa shape index (κ1) is 19.2. The molecule has 1 aromatic heterocycles. The molecule has 0 spiro atoms. The molecule has 1 unspecified atom stereocenters. The number of hydrogen-bond acceptors (Lipinski definition) is 4. The molecular formula is C21H24N4O4. The Balaban J connectivity index is 1.43. The third-order valence-electron chi connectivity index (χ3n) is 5.67. The molecule has 8 heteroatoms. The van der Waals surface area contributed by atoms with E-state index in [4.69, 9.17) is 0 Å². The molecule has 1 atom stereocenters. The summed E-state index contributed by atoms with van der Waals surface area (Å²) in [5.41, 5.74) is 1.57. The molecule has 2 heterocycles. The van der Waals surface area contributed by atoms with Crippen molar-refractivity contribution in [3.63, 3.8) is 0 Å². The van der Waals surface area contributed by atoms with Gasteiger partial charge in [0.05, 0.1) is 11.8 Å². The summed E-state index contributed by atoms with van der Waals surface area (Å²) in [5, 5.41) is 16.6. The van der Waals surface area contributed by atoms with Crippen LogP contribution < -0.4 is 10.2 Å². The van der Waals surface area contributed by atoms with Crippen LogP contribution in [0.5, 0.6) is 0 Å². The quantitative estimate of drug-likeness (QED) is 0.806. The molecule has 2 aliphatic rings. The van der Waals surface area contributed by atoms with Gasteiger partial charge in [-0.1, -0.05) is 37.5 Å². The second-order valence-corrected chi connectivity index (χ2v) is 7.69. The van der Waals surface area contributed by atoms with Gasteiger partial charge in [-0.15, -0.1) is 0 Å². The number of anilines is 1. The molecule has 4 rings (SSSR count). The Labute approximate surface area is 168 Å². The summed E-state index contributed by atoms with van der Waals surface area (Å²) in [6.07, 6.45) is 8.48. The Kier molecular flexibility index (Phi) is 5.33. The first-order valence-electron chi connectivity index (χ1n) is 9.98. The van der Waals surface area contributed by atoms with Crippen molar-refractivity contribution in [2.75, 3.05) is 11.4 Å². The molecule has 1 fully saturated rings. The third kappa shape index (κ3) is 4.01. The number of fused-ring (bicyclic) bond motifs is 1. The van der Waals surface area contributed by atoms with Crippen molar-refractivity contribution >= 4 is 23.5 Å². The number of hydrogen-bond donors (Lipinski definition) is 2. The van der Waals surface area contributed by atoms with Gasteiger partial charge in [0.2, 0.25) is 5.91 Å². The first-order chi connectivity index (χ1) is 14.0. The molecule has 0 saturated heterocycles. The lowest BCUT2D eigenvalue weighted by Gasteiger charge is -2.22. The molecule has 1 aliphatic heterocycles. The van der Waals surface area contributed by atoms with Gasteiger partial charge in [-0.2, -0.15) is 5.10 Å². The van der Waals surface area contributed by atoms with E-state index in [0.717, 1.165) is 25.7 Å². The number of nitrogens with one attached hydrogen (secondary N) is 1. The highest BCUT2D eigenvalue weighted by Gasteiger charge is 2.37. The standard InChI is InChI=1S/C21H24N4O4/c26-19(23-15-6-2-1-3-7-15)13-24-11-14(10-22-24)20(27)25-12-17(21(28)29)16-8-4-5-9-18(16)25/h4-5,8-11,15,17H,1-3,6-7,12-13H2,(H,23,26)(H,28,29). The van der Waals surface area contributed by atoms with Gasteiger partial charge in [-0.25, -0.2) is 0 Å². The summed E-state index contributed by atoms with van der Waals surface area (Å²) in [7, 11) is 0. The van der Waals surface area contributed by atoms with Gasteiger partial charge in [0.25, 0.3) is 5.91 Å². The van der Waals surface area contributed by atoms with Gasteiger partial charge in [-0.3, -0.25) is 19.1 Å². The summed E-state index contributed by atoms with van der Waals surface area (Å²) < 4.78 is 1.45. The monoisotopic (exact) mass is 396 g/mol. The van der Waals surface area contributed by atoms with Crippen molar-refractivity contribution in [3.8, 4) is 0 Å². The van der Waals surface area contributed by atoms with E-state index < -0.39 is 11.9 Å². The predicted octanol–water partition coefficient (Wildman–Crippen LogP) is 2.16. The number of carbonyl (C=O) groups excluding carboxylic acids is 2. The SMILES string of the molecule is O=C(Cn1cc(C(=O)N2CC(C(=O)O)c3ccccc32)cn1)NC1CCCCC1. The predicted molar refractivity (Wildman–Crippen MR) is 106 cm³/mol. The van der Waals surface area contributed by atoms with Crippen molar-refractivity contribution in [3.05, 3.63) is 47.8 Å². The number of carboxylic acid groups (broad SMARTS) is 1. The van der Waals surface area contributed by atoms with Crippen LogP contribution >= 0.6 is 0 Å². The number of aromatic nitrogens is 2. The number of carboxylic acids is 1. The number of aliphatic carboxylic acids is 1. The second-order valence-electron chi connectivity index (χ2n) is 7.69. The molecule has 152 valence electrons. The number of nitrogens with zero attached hydrogens (tertiary/aromatic N) is 3. The third-order valence-corrected chi connectivity index (χ3v) is 5.67. The molecule has 1 aromatic carbocycles. The van der Waals surface area contributed by atoms with Crippen LogP contribution in [-0.4, -0.2) is 45.3 Å². The number of benzene rings is 1. The molecule has 0 bridgehead atoms. The van der Waals surface area contributed by atoms with Crippen LogP contribution in [0.25, 0.3) is 0 Å². The molecule has 29 heavy (non-hydrogen) atoms. The Bertz CT molecular complexity index is 932. The summed E-state index contributed by atoms with van der Waals surface area (Å²) in [6, 6.07) is 7.26. The first-order valence-corrected chi connectivity index (χ1v) is 9.98. The van der Waals surface area contributed by atoms with Crippen LogP contribution in [0.4, 0.5) is 5.69 Å². The van der Waals surface area contributed by atoms with Gasteiger partial charge in [-0.05, 0) is 24.5 Å². The van der Waals surface area contributed by atoms with Crippen LogP contribution in [0, 0.1) is 0 Å². The lowest BCUT2D eigenvalue weighted by molar-refractivity contribution is -0.138. The normalized spacial score (nSPS) is 19.0. The zero-order valence-electron chi connectivity index (χ0n) is 16.1. The van der Waals surface area contributed by atoms with Gasteiger partial charge < -0.3 is 15.3 Å². The van der Waals surface area contributed by atoms with Gasteiger partial charge >= 0.3 is 5.97 Å². The van der Waals surface area contributed by atoms with Crippen LogP contribution in [-0.2, 0) is 16.1 Å². The van der Waals surface area contributed by atoms with Crippen molar-refractivity contribution < 1.29 is 19.5 Å². The molecular weight excluding hydrogens is 372 g/mol. The maximum absolute atomic E-state index is 13.0. The van der Waals surface area contributed by atoms with E-state index in [1.54, 1.807) is 30.5 Å². The molecule has 1 aliphatic carbocycles. The fourth-order valence-corrected chi connectivity index (χ4v) is 4.19. The van der Waals surface area contributed by atoms with E-state index in [1.807, 2.05) is 0 Å². The summed E-state index contributed by atoms with van der Waals surface area (Å²) in [5.74, 6) is -2.13. The maximum Gasteiger partial charge on any atom is 0.312 e. The van der Waals surface area contributed by atoms with E-state index in [1.165, 1.54) is 22.2 Å². The summed E-state index contributed by atoms with van der Waals surface area (Å²) in [4.78, 5) is 38.3. The molecule has 0 radical (unpaired) electrons. The van der Waals surface area contributed by atoms with Crippen LogP contribution in [0.15, 0.2) is 36.7 Å². The highest BCUT2D eigenvalue weighted by Crippen LogP contribution is 2.37. The molecule has 2 N–H and O–H groups in total. The van der Waals surface area contributed by atoms with Gasteiger partial charge in [0.15, 0.2) is 0 Å². The zero-order valence-corrected chi connectivity index (χ0v) is 16.1. The Morgan fingerprint density at radius 2 is 1.90 bits per heavy atom. The molecule has 1 saturated carbocycles. The lowest BCUT2D eigenvalue weighted by atomic mass is 9.95. The van der Waals surface area contributed by atoms with Crippen LogP contribution in [0.3, 0.4) is 0 Å². The van der Waals surface area contributed by atoms with Crippen molar-refractivity contribution in [1.82, 2.24) is 15.1 Å². The van der Waals surface area contributed by atoms with Crippen LogP contribution in [0.1, 0.15) is 53.9 Å². The number of carbonyl (C=O) groups is 3.